The first-order valence-electron chi connectivity index (χ1n) is 8.82. The SMILES string of the molecule is COc1ccc(NCC(=O)NNC(=O)c2cccn2Cc2ccccc2)cc1. The summed E-state index contributed by atoms with van der Waals surface area (Å²) >= 11 is 0. The van der Waals surface area contributed by atoms with Crippen molar-refractivity contribution in [1.29, 1.82) is 0 Å². The van der Waals surface area contributed by atoms with Crippen molar-refractivity contribution >= 4 is 17.5 Å². The van der Waals surface area contributed by atoms with Gasteiger partial charge in [-0.2, -0.15) is 0 Å². The molecule has 0 unspecified atom stereocenters. The number of anilines is 1. The molecule has 7 heteroatoms. The van der Waals surface area contributed by atoms with Gasteiger partial charge in [-0.25, -0.2) is 0 Å². The molecule has 0 fully saturated rings. The van der Waals surface area contributed by atoms with Crippen LogP contribution < -0.4 is 20.9 Å². The van der Waals surface area contributed by atoms with Gasteiger partial charge in [0.1, 0.15) is 11.4 Å². The number of amides is 2. The number of benzene rings is 2. The average Bonchev–Trinajstić information content (AvgIpc) is 3.19. The maximum absolute atomic E-state index is 12.4. The fraction of sp³-hybridized carbons (Fsp3) is 0.143. The van der Waals surface area contributed by atoms with Crippen molar-refractivity contribution in [2.45, 2.75) is 6.54 Å². The molecular weight excluding hydrogens is 356 g/mol. The summed E-state index contributed by atoms with van der Waals surface area (Å²) in [7, 11) is 1.59. The molecule has 0 spiro atoms. The third kappa shape index (κ3) is 5.14. The van der Waals surface area contributed by atoms with E-state index in [2.05, 4.69) is 16.2 Å². The van der Waals surface area contributed by atoms with E-state index in [1.165, 1.54) is 0 Å². The fourth-order valence-corrected chi connectivity index (χ4v) is 2.66. The van der Waals surface area contributed by atoms with Gasteiger partial charge >= 0.3 is 0 Å². The number of methoxy groups -OCH3 is 1. The van der Waals surface area contributed by atoms with Gasteiger partial charge in [-0.3, -0.25) is 20.4 Å². The van der Waals surface area contributed by atoms with Crippen LogP contribution in [0.1, 0.15) is 16.1 Å². The van der Waals surface area contributed by atoms with Crippen molar-refractivity contribution in [3.8, 4) is 5.75 Å². The summed E-state index contributed by atoms with van der Waals surface area (Å²) in [6.45, 7) is 0.598. The van der Waals surface area contributed by atoms with Gasteiger partial charge in [0.05, 0.1) is 13.7 Å². The van der Waals surface area contributed by atoms with Gasteiger partial charge in [0.15, 0.2) is 0 Å². The molecule has 0 saturated heterocycles. The van der Waals surface area contributed by atoms with Crippen molar-refractivity contribution in [2.75, 3.05) is 19.0 Å². The van der Waals surface area contributed by atoms with E-state index in [4.69, 9.17) is 4.74 Å². The lowest BCUT2D eigenvalue weighted by Crippen LogP contribution is -2.44. The minimum atomic E-state index is -0.376. The summed E-state index contributed by atoms with van der Waals surface area (Å²) in [4.78, 5) is 24.4. The van der Waals surface area contributed by atoms with E-state index in [0.29, 0.717) is 12.2 Å². The molecule has 3 N–H and O–H groups in total. The number of aromatic nitrogens is 1. The van der Waals surface area contributed by atoms with Crippen LogP contribution in [-0.2, 0) is 11.3 Å². The number of hydrogen-bond acceptors (Lipinski definition) is 4. The molecule has 0 atom stereocenters. The first-order valence-corrected chi connectivity index (χ1v) is 8.82. The lowest BCUT2D eigenvalue weighted by molar-refractivity contribution is -0.120. The summed E-state index contributed by atoms with van der Waals surface area (Å²) in [5.41, 5.74) is 7.19. The Bertz CT molecular complexity index is 920. The molecule has 0 radical (unpaired) electrons. The molecule has 2 aromatic carbocycles. The molecule has 0 aliphatic heterocycles. The molecule has 0 bridgehead atoms. The van der Waals surface area contributed by atoms with Gasteiger partial charge in [0, 0.05) is 18.4 Å². The van der Waals surface area contributed by atoms with Crippen LogP contribution in [0.25, 0.3) is 0 Å². The van der Waals surface area contributed by atoms with Crippen LogP contribution in [0, 0.1) is 0 Å². The van der Waals surface area contributed by atoms with Crippen molar-refractivity contribution in [3.05, 3.63) is 84.2 Å². The lowest BCUT2D eigenvalue weighted by Gasteiger charge is -2.11. The van der Waals surface area contributed by atoms with Crippen molar-refractivity contribution in [1.82, 2.24) is 15.4 Å². The monoisotopic (exact) mass is 378 g/mol. The molecule has 1 heterocycles. The molecule has 0 aliphatic carbocycles. The second kappa shape index (κ2) is 9.27. The van der Waals surface area contributed by atoms with Crippen LogP contribution in [0.4, 0.5) is 5.69 Å². The van der Waals surface area contributed by atoms with Crippen LogP contribution >= 0.6 is 0 Å². The average molecular weight is 378 g/mol. The molecular formula is C21H22N4O3. The Kier molecular flexibility index (Phi) is 6.30. The zero-order valence-corrected chi connectivity index (χ0v) is 15.5. The standard InChI is InChI=1S/C21H22N4O3/c1-28-18-11-9-17(10-12-18)22-14-20(26)23-24-21(27)19-8-5-13-25(19)15-16-6-3-2-4-7-16/h2-13,22H,14-15H2,1H3,(H,23,26)(H,24,27). The smallest absolute Gasteiger partial charge is 0.286 e. The predicted octanol–water partition coefficient (Wildman–Crippen LogP) is 2.42. The Morgan fingerprint density at radius 2 is 1.68 bits per heavy atom. The van der Waals surface area contributed by atoms with E-state index < -0.39 is 0 Å². The minimum Gasteiger partial charge on any atom is -0.497 e. The molecule has 0 saturated carbocycles. The van der Waals surface area contributed by atoms with E-state index in [1.54, 1.807) is 43.5 Å². The highest BCUT2D eigenvalue weighted by Gasteiger charge is 2.12. The Morgan fingerprint density at radius 3 is 2.39 bits per heavy atom. The minimum absolute atomic E-state index is 0.0254. The zero-order chi connectivity index (χ0) is 19.8. The summed E-state index contributed by atoms with van der Waals surface area (Å²) in [6, 6.07) is 20.5. The van der Waals surface area contributed by atoms with Crippen molar-refractivity contribution in [2.24, 2.45) is 0 Å². The number of nitrogens with one attached hydrogen (secondary N) is 3. The number of carbonyl (C=O) groups is 2. The van der Waals surface area contributed by atoms with Crippen LogP contribution in [0.15, 0.2) is 72.9 Å². The van der Waals surface area contributed by atoms with E-state index in [9.17, 15) is 9.59 Å². The predicted molar refractivity (Wildman–Crippen MR) is 107 cm³/mol. The zero-order valence-electron chi connectivity index (χ0n) is 15.5. The highest BCUT2D eigenvalue weighted by Crippen LogP contribution is 2.14. The molecule has 0 aliphatic rings. The third-order valence-electron chi connectivity index (χ3n) is 4.12. The van der Waals surface area contributed by atoms with Crippen LogP contribution in [0.2, 0.25) is 0 Å². The van der Waals surface area contributed by atoms with Crippen LogP contribution in [0.3, 0.4) is 0 Å². The van der Waals surface area contributed by atoms with Gasteiger partial charge in [-0.1, -0.05) is 30.3 Å². The molecule has 1 aromatic heterocycles. The second-order valence-electron chi connectivity index (χ2n) is 6.09. The van der Waals surface area contributed by atoms with E-state index in [1.807, 2.05) is 41.1 Å². The number of hydrazine groups is 1. The van der Waals surface area contributed by atoms with E-state index in [0.717, 1.165) is 17.0 Å². The van der Waals surface area contributed by atoms with Crippen LogP contribution in [0.5, 0.6) is 5.75 Å². The Hall–Kier alpha value is -3.74. The van der Waals surface area contributed by atoms with Crippen LogP contribution in [-0.4, -0.2) is 30.0 Å². The number of rotatable bonds is 7. The summed E-state index contributed by atoms with van der Waals surface area (Å²) in [5, 5.41) is 2.97. The third-order valence-corrected chi connectivity index (χ3v) is 4.12. The first-order chi connectivity index (χ1) is 13.7. The van der Waals surface area contributed by atoms with E-state index >= 15 is 0 Å². The second-order valence-corrected chi connectivity index (χ2v) is 6.09. The van der Waals surface area contributed by atoms with Crippen molar-refractivity contribution in [3.63, 3.8) is 0 Å². The summed E-state index contributed by atoms with van der Waals surface area (Å²) in [6.07, 6.45) is 1.83. The molecule has 7 nitrogen and oxygen atoms in total. The normalized spacial score (nSPS) is 10.2. The number of nitrogens with zero attached hydrogens (tertiary/aromatic N) is 1. The Balaban J connectivity index is 1.48. The molecule has 3 aromatic rings. The maximum Gasteiger partial charge on any atom is 0.286 e. The van der Waals surface area contributed by atoms with Gasteiger partial charge in [-0.15, -0.1) is 0 Å². The topological polar surface area (TPSA) is 84.4 Å². The quantitative estimate of drug-likeness (QED) is 0.551. The lowest BCUT2D eigenvalue weighted by atomic mass is 10.2. The maximum atomic E-state index is 12.4. The van der Waals surface area contributed by atoms with Crippen molar-refractivity contribution < 1.29 is 14.3 Å². The molecule has 3 rings (SSSR count). The highest BCUT2D eigenvalue weighted by molar-refractivity contribution is 5.94. The molecule has 144 valence electrons. The van der Waals surface area contributed by atoms with Gasteiger partial charge in [-0.05, 0) is 42.0 Å². The molecule has 28 heavy (non-hydrogen) atoms. The largest absolute Gasteiger partial charge is 0.497 e. The Labute approximate surface area is 163 Å². The van der Waals surface area contributed by atoms with Gasteiger partial charge in [0.25, 0.3) is 11.8 Å². The number of ether oxygens (including phenoxy) is 1. The fourth-order valence-electron chi connectivity index (χ4n) is 2.66. The first kappa shape index (κ1) is 19.0. The van der Waals surface area contributed by atoms with Gasteiger partial charge in [0.2, 0.25) is 0 Å². The highest BCUT2D eigenvalue weighted by atomic mass is 16.5. The van der Waals surface area contributed by atoms with E-state index in [-0.39, 0.29) is 18.4 Å². The summed E-state index contributed by atoms with van der Waals surface area (Å²) < 4.78 is 6.91. The number of carbonyl (C=O) groups excluding carboxylic acids is 2. The van der Waals surface area contributed by atoms with Gasteiger partial charge < -0.3 is 14.6 Å². The summed E-state index contributed by atoms with van der Waals surface area (Å²) in [5.74, 6) is 0.00447. The number of hydrogen-bond donors (Lipinski definition) is 3. The Morgan fingerprint density at radius 1 is 0.929 bits per heavy atom. The molecule has 2 amide bonds.